The minimum Gasteiger partial charge on any atom is -0.598 e. The van der Waals surface area contributed by atoms with Crippen LogP contribution in [0.3, 0.4) is 0 Å². The van der Waals surface area contributed by atoms with Crippen molar-refractivity contribution in [3.63, 3.8) is 0 Å². The quantitative estimate of drug-likeness (QED) is 0.0845. The molecule has 1 amide bonds. The fourth-order valence-corrected chi connectivity index (χ4v) is 7.81. The van der Waals surface area contributed by atoms with E-state index in [1.54, 1.807) is 31.4 Å². The maximum atomic E-state index is 14.3. The van der Waals surface area contributed by atoms with Crippen molar-refractivity contribution in [2.24, 2.45) is 17.3 Å². The molecule has 3 fully saturated rings. The monoisotopic (exact) mass is 704 g/mol. The van der Waals surface area contributed by atoms with Gasteiger partial charge in [-0.3, -0.25) is 4.79 Å². The van der Waals surface area contributed by atoms with E-state index in [1.807, 2.05) is 12.1 Å². The Morgan fingerprint density at radius 3 is 2.36 bits per heavy atom. The number of nitrogens with one attached hydrogen (secondary N) is 2. The number of alkyl halides is 5. The third-order valence-corrected chi connectivity index (χ3v) is 12.9. The molecule has 3 saturated carbocycles. The summed E-state index contributed by atoms with van der Waals surface area (Å²) in [5.41, 5.74) is 0.152. The molecule has 1 aromatic heterocycles. The molecule has 0 spiro atoms. The van der Waals surface area contributed by atoms with Crippen LogP contribution in [0.25, 0.3) is 11.0 Å². The molecule has 2 N–H and O–H groups in total. The second kappa shape index (κ2) is 13.2. The van der Waals surface area contributed by atoms with Crippen molar-refractivity contribution in [1.82, 2.24) is 19.6 Å². The number of ether oxygens (including phenoxy) is 1. The van der Waals surface area contributed by atoms with E-state index in [2.05, 4.69) is 29.7 Å². The summed E-state index contributed by atoms with van der Waals surface area (Å²) >= 11 is -1.67. The molecule has 0 saturated heterocycles. The van der Waals surface area contributed by atoms with Crippen LogP contribution in [-0.2, 0) is 27.6 Å². The number of aromatic nitrogens is 2. The van der Waals surface area contributed by atoms with Crippen molar-refractivity contribution in [3.8, 4) is 0 Å². The molecule has 0 aliphatic heterocycles. The highest BCUT2D eigenvalue weighted by atomic mass is 32.2. The van der Waals surface area contributed by atoms with Gasteiger partial charge in [0.15, 0.2) is 0 Å². The second-order valence-electron chi connectivity index (χ2n) is 16.2. The predicted molar refractivity (Wildman–Crippen MR) is 176 cm³/mol. The van der Waals surface area contributed by atoms with Gasteiger partial charge in [-0.1, -0.05) is 25.7 Å². The Hall–Kier alpha value is -1.74. The summed E-state index contributed by atoms with van der Waals surface area (Å²) in [7, 11) is -1.43. The Kier molecular flexibility index (Phi) is 10.2. The maximum Gasteiger partial charge on any atom is 0.394 e. The van der Waals surface area contributed by atoms with Gasteiger partial charge >= 0.3 is 6.18 Å². The second-order valence-corrected chi connectivity index (χ2v) is 23.9. The summed E-state index contributed by atoms with van der Waals surface area (Å²) in [5, 5.41) is 3.09. The van der Waals surface area contributed by atoms with E-state index in [9.17, 15) is 31.3 Å². The predicted octanol–water partition coefficient (Wildman–Crippen LogP) is 8.18. The van der Waals surface area contributed by atoms with Crippen LogP contribution in [0, 0.1) is 17.3 Å². The first-order valence-corrected chi connectivity index (χ1v) is 21.5. The highest BCUT2D eigenvalue weighted by Crippen LogP contribution is 2.62. The number of nitrogens with zero attached hydrogens (tertiary/aromatic N) is 2. The van der Waals surface area contributed by atoms with Gasteiger partial charge in [0.2, 0.25) is 11.8 Å². The van der Waals surface area contributed by atoms with Crippen molar-refractivity contribution >= 4 is 36.4 Å². The van der Waals surface area contributed by atoms with Gasteiger partial charge in [0.05, 0.1) is 22.5 Å². The molecular weight excluding hydrogens is 656 g/mol. The van der Waals surface area contributed by atoms with Crippen LogP contribution in [0.15, 0.2) is 18.2 Å². The van der Waals surface area contributed by atoms with E-state index < -0.39 is 47.7 Å². The molecule has 1 heterocycles. The zero-order chi connectivity index (χ0) is 34.6. The van der Waals surface area contributed by atoms with Crippen LogP contribution >= 0.6 is 0 Å². The van der Waals surface area contributed by atoms with Gasteiger partial charge in [0.1, 0.15) is 23.3 Å². The molecule has 0 radical (unpaired) electrons. The van der Waals surface area contributed by atoms with E-state index in [0.29, 0.717) is 23.5 Å². The number of hydrogen-bond donors (Lipinski definition) is 2. The largest absolute Gasteiger partial charge is 0.598 e. The standard InChI is InChI=1S/C33H49F5N4O3SSi/c1-30(2,3)46(44)41-25(19-31(11-12-31)33(36,37)38)29-39-24-10-9-23(16-26(24)42(29)20-45-13-14-47(4,5)6)28(22-7-8-22)40-27(43)15-21-17-32(34,35)18-21/h9-10,16,21-22,25,28,41H,7-8,11-15,17-20H2,1-6H3,(H,40,43)/t25-,28+,46?/m0/s1. The molecule has 264 valence electrons. The summed E-state index contributed by atoms with van der Waals surface area (Å²) in [4.78, 5) is 17.8. The SMILES string of the molecule is CC(C)(C)[S+]([O-])N[C@@H](CC1(C(F)(F)F)CC1)c1nc2ccc([C@H](NC(=O)CC3CC(F)(F)C3)C3CC3)cc2n1COCC[Si](C)(C)C. The number of hydrogen-bond acceptors (Lipinski definition) is 5. The van der Waals surface area contributed by atoms with Crippen LogP contribution in [0.2, 0.25) is 25.7 Å². The van der Waals surface area contributed by atoms with Crippen molar-refractivity contribution in [1.29, 1.82) is 0 Å². The Morgan fingerprint density at radius 2 is 1.83 bits per heavy atom. The van der Waals surface area contributed by atoms with Crippen LogP contribution in [0.4, 0.5) is 22.0 Å². The number of fused-ring (bicyclic) bond motifs is 1. The fourth-order valence-electron chi connectivity index (χ4n) is 6.25. The lowest BCUT2D eigenvalue weighted by atomic mass is 9.79. The molecular formula is C33H49F5N4O3SSi. The first kappa shape index (κ1) is 36.5. The fraction of sp³-hybridized carbons (Fsp3) is 0.758. The lowest BCUT2D eigenvalue weighted by Gasteiger charge is -2.34. The topological polar surface area (TPSA) is 91.2 Å². The minimum absolute atomic E-state index is 0.00911. The normalized spacial score (nSPS) is 21.7. The number of halogens is 5. The number of imidazole rings is 1. The zero-order valence-corrected chi connectivity index (χ0v) is 30.1. The Balaban J connectivity index is 1.48. The van der Waals surface area contributed by atoms with Gasteiger partial charge in [0, 0.05) is 45.3 Å². The molecule has 1 unspecified atom stereocenters. The molecule has 3 aliphatic carbocycles. The van der Waals surface area contributed by atoms with Crippen LogP contribution in [0.1, 0.15) is 95.6 Å². The first-order valence-electron chi connectivity index (χ1n) is 16.7. The molecule has 5 rings (SSSR count). The van der Waals surface area contributed by atoms with E-state index in [1.165, 1.54) is 0 Å². The third-order valence-electron chi connectivity index (χ3n) is 9.60. The number of carbonyl (C=O) groups excluding carboxylic acids is 1. The average Bonchev–Trinajstić information content (AvgIpc) is 3.84. The van der Waals surface area contributed by atoms with Gasteiger partial charge in [-0.2, -0.15) is 13.2 Å². The number of carbonyl (C=O) groups is 1. The van der Waals surface area contributed by atoms with Gasteiger partial charge < -0.3 is 19.2 Å². The van der Waals surface area contributed by atoms with Crippen molar-refractivity contribution in [3.05, 3.63) is 29.6 Å². The summed E-state index contributed by atoms with van der Waals surface area (Å²) < 4.78 is 93.1. The van der Waals surface area contributed by atoms with Crippen molar-refractivity contribution in [2.45, 2.75) is 133 Å². The van der Waals surface area contributed by atoms with Crippen LogP contribution < -0.4 is 10.0 Å². The van der Waals surface area contributed by atoms with Gasteiger partial charge in [-0.25, -0.2) is 13.8 Å². The summed E-state index contributed by atoms with van der Waals surface area (Å²) in [6.07, 6.45) is -3.35. The average molecular weight is 705 g/mol. The van der Waals surface area contributed by atoms with Crippen molar-refractivity contribution < 1.29 is 36.0 Å². The van der Waals surface area contributed by atoms with E-state index in [0.717, 1.165) is 24.4 Å². The smallest absolute Gasteiger partial charge is 0.394 e. The van der Waals surface area contributed by atoms with E-state index in [-0.39, 0.29) is 69.0 Å². The van der Waals surface area contributed by atoms with Crippen LogP contribution in [-0.4, -0.2) is 51.5 Å². The Bertz CT molecular complexity index is 1420. The first-order chi connectivity index (χ1) is 21.7. The minimum atomic E-state index is -4.40. The molecule has 14 heteroatoms. The van der Waals surface area contributed by atoms with Gasteiger partial charge in [0.25, 0.3) is 0 Å². The lowest BCUT2D eigenvalue weighted by molar-refractivity contribution is -0.190. The van der Waals surface area contributed by atoms with E-state index in [4.69, 9.17) is 9.72 Å². The zero-order valence-electron chi connectivity index (χ0n) is 28.2. The summed E-state index contributed by atoms with van der Waals surface area (Å²) in [6, 6.07) is 5.18. The Morgan fingerprint density at radius 1 is 1.17 bits per heavy atom. The lowest BCUT2D eigenvalue weighted by Crippen LogP contribution is -2.43. The van der Waals surface area contributed by atoms with Gasteiger partial charge in [-0.15, -0.1) is 4.72 Å². The molecule has 2 aromatic rings. The summed E-state index contributed by atoms with van der Waals surface area (Å²) in [6.45, 7) is 12.5. The molecule has 7 nitrogen and oxygen atoms in total. The van der Waals surface area contributed by atoms with Gasteiger partial charge in [-0.05, 0) is 88.5 Å². The molecule has 3 atom stereocenters. The Labute approximate surface area is 278 Å². The number of amides is 1. The molecule has 1 aromatic carbocycles. The number of rotatable bonds is 15. The third kappa shape index (κ3) is 9.09. The van der Waals surface area contributed by atoms with E-state index >= 15 is 0 Å². The maximum absolute atomic E-state index is 14.3. The molecule has 0 bridgehead atoms. The number of benzene rings is 1. The van der Waals surface area contributed by atoms with Crippen molar-refractivity contribution in [2.75, 3.05) is 6.61 Å². The highest BCUT2D eigenvalue weighted by Gasteiger charge is 2.64. The molecule has 3 aliphatic rings. The molecule has 47 heavy (non-hydrogen) atoms. The highest BCUT2D eigenvalue weighted by molar-refractivity contribution is 7.90. The van der Waals surface area contributed by atoms with Crippen LogP contribution in [0.5, 0.6) is 0 Å². The summed E-state index contributed by atoms with van der Waals surface area (Å²) in [5.74, 6) is -2.75.